The summed E-state index contributed by atoms with van der Waals surface area (Å²) in [5.74, 6) is 2.45. The van der Waals surface area contributed by atoms with E-state index in [0.29, 0.717) is 30.4 Å². The van der Waals surface area contributed by atoms with Gasteiger partial charge in [-0.2, -0.15) is 4.98 Å². The predicted octanol–water partition coefficient (Wildman–Crippen LogP) is 5.02. The van der Waals surface area contributed by atoms with E-state index >= 15 is 0 Å². The van der Waals surface area contributed by atoms with Gasteiger partial charge in [-0.1, -0.05) is 39.0 Å². The molecule has 1 aromatic heterocycles. The molecule has 1 aromatic carbocycles. The number of benzene rings is 1. The van der Waals surface area contributed by atoms with Crippen LogP contribution < -0.4 is 20.9 Å². The van der Waals surface area contributed by atoms with Gasteiger partial charge >= 0.3 is 6.03 Å². The number of aryl methyl sites for hydroxylation is 1. The van der Waals surface area contributed by atoms with Crippen molar-refractivity contribution in [3.63, 3.8) is 0 Å². The molecule has 3 rings (SSSR count). The summed E-state index contributed by atoms with van der Waals surface area (Å²) in [5.41, 5.74) is 3.33. The molecule has 0 unspecified atom stereocenters. The minimum absolute atomic E-state index is 0.109. The summed E-state index contributed by atoms with van der Waals surface area (Å²) in [6, 6.07) is 8.44. The number of urea groups is 1. The highest BCUT2D eigenvalue weighted by Crippen LogP contribution is 2.29. The fourth-order valence-electron chi connectivity index (χ4n) is 4.30. The van der Waals surface area contributed by atoms with E-state index in [1.807, 2.05) is 25.1 Å². The lowest BCUT2D eigenvalue weighted by atomic mass is 9.86. The van der Waals surface area contributed by atoms with Gasteiger partial charge in [0.25, 0.3) is 0 Å². The Morgan fingerprint density at radius 1 is 1.16 bits per heavy atom. The van der Waals surface area contributed by atoms with Crippen molar-refractivity contribution in [2.24, 2.45) is 5.92 Å². The number of carbonyl (C=O) groups excluding carboxylic acids is 1. The number of rotatable bonds is 8. The summed E-state index contributed by atoms with van der Waals surface area (Å²) in [6.07, 6.45) is 6.95. The van der Waals surface area contributed by atoms with Crippen molar-refractivity contribution < 1.29 is 4.79 Å². The predicted molar refractivity (Wildman–Crippen MR) is 133 cm³/mol. The zero-order valence-corrected chi connectivity index (χ0v) is 20.1. The Bertz CT molecular complexity index is 890. The van der Waals surface area contributed by atoms with Gasteiger partial charge in [-0.15, -0.1) is 0 Å². The summed E-state index contributed by atoms with van der Waals surface area (Å²) >= 11 is 0. The van der Waals surface area contributed by atoms with Crippen LogP contribution in [-0.4, -0.2) is 42.7 Å². The average molecular weight is 439 g/mol. The van der Waals surface area contributed by atoms with E-state index in [2.05, 4.69) is 64.9 Å². The molecule has 2 aromatic rings. The third-order valence-electron chi connectivity index (χ3n) is 6.25. The second kappa shape index (κ2) is 11.2. The maximum absolute atomic E-state index is 12.6. The molecule has 0 bridgehead atoms. The molecule has 1 aliphatic rings. The van der Waals surface area contributed by atoms with E-state index in [9.17, 15) is 4.79 Å². The van der Waals surface area contributed by atoms with E-state index in [1.54, 1.807) is 6.20 Å². The van der Waals surface area contributed by atoms with Crippen LogP contribution in [-0.2, 0) is 6.42 Å². The van der Waals surface area contributed by atoms with Crippen LogP contribution in [0.1, 0.15) is 63.5 Å². The molecule has 174 valence electrons. The van der Waals surface area contributed by atoms with E-state index in [0.717, 1.165) is 43.6 Å². The van der Waals surface area contributed by atoms with Crippen LogP contribution in [0, 0.1) is 5.92 Å². The maximum Gasteiger partial charge on any atom is 0.319 e. The van der Waals surface area contributed by atoms with E-state index in [1.165, 1.54) is 11.1 Å². The second-order valence-corrected chi connectivity index (χ2v) is 9.22. The van der Waals surface area contributed by atoms with Gasteiger partial charge in [0.1, 0.15) is 5.82 Å². The number of anilines is 3. The van der Waals surface area contributed by atoms with Gasteiger partial charge in [0.15, 0.2) is 0 Å². The molecule has 0 atom stereocenters. The molecule has 7 heteroatoms. The molecule has 0 saturated heterocycles. The van der Waals surface area contributed by atoms with Crippen molar-refractivity contribution in [1.29, 1.82) is 0 Å². The Morgan fingerprint density at radius 2 is 1.91 bits per heavy atom. The van der Waals surface area contributed by atoms with Crippen LogP contribution in [0.4, 0.5) is 22.2 Å². The van der Waals surface area contributed by atoms with Gasteiger partial charge in [-0.25, -0.2) is 9.78 Å². The summed E-state index contributed by atoms with van der Waals surface area (Å²) in [5, 5.41) is 9.70. The first kappa shape index (κ1) is 23.8. The van der Waals surface area contributed by atoms with Crippen molar-refractivity contribution >= 4 is 23.5 Å². The van der Waals surface area contributed by atoms with Crippen molar-refractivity contribution in [1.82, 2.24) is 15.3 Å². The molecule has 32 heavy (non-hydrogen) atoms. The number of hydrogen-bond donors (Lipinski definition) is 3. The Kier molecular flexibility index (Phi) is 8.31. The SMILES string of the molecule is CCc1cccc(C(C)C)c1NC(=O)NC[C@H]1CC[C@@H](Nc2nccc(N(C)C)n2)CC1. The Labute approximate surface area is 192 Å². The molecular formula is C25H38N6O. The Hall–Kier alpha value is -2.83. The molecule has 2 amide bonds. The van der Waals surface area contributed by atoms with E-state index in [-0.39, 0.29) is 6.03 Å². The normalized spacial score (nSPS) is 18.3. The van der Waals surface area contributed by atoms with Gasteiger partial charge in [-0.3, -0.25) is 0 Å². The minimum atomic E-state index is -0.109. The van der Waals surface area contributed by atoms with E-state index < -0.39 is 0 Å². The number of nitrogens with one attached hydrogen (secondary N) is 3. The zero-order valence-electron chi connectivity index (χ0n) is 20.1. The number of amides is 2. The fraction of sp³-hybridized carbons (Fsp3) is 0.560. The van der Waals surface area contributed by atoms with Crippen molar-refractivity contribution in [2.75, 3.05) is 36.2 Å². The summed E-state index contributed by atoms with van der Waals surface area (Å²) in [4.78, 5) is 23.5. The molecule has 0 radical (unpaired) electrons. The van der Waals surface area contributed by atoms with Crippen LogP contribution in [0.25, 0.3) is 0 Å². The third kappa shape index (κ3) is 6.34. The zero-order chi connectivity index (χ0) is 23.1. The lowest BCUT2D eigenvalue weighted by Crippen LogP contribution is -2.36. The molecule has 0 aliphatic heterocycles. The van der Waals surface area contributed by atoms with Gasteiger partial charge in [-0.05, 0) is 61.1 Å². The monoisotopic (exact) mass is 438 g/mol. The number of aromatic nitrogens is 2. The fourth-order valence-corrected chi connectivity index (χ4v) is 4.30. The lowest BCUT2D eigenvalue weighted by molar-refractivity contribution is 0.246. The molecule has 1 aliphatic carbocycles. The Balaban J connectivity index is 1.46. The number of nitrogens with zero attached hydrogens (tertiary/aromatic N) is 3. The average Bonchev–Trinajstić information content (AvgIpc) is 2.78. The van der Waals surface area contributed by atoms with Gasteiger partial charge in [0.2, 0.25) is 5.95 Å². The third-order valence-corrected chi connectivity index (χ3v) is 6.25. The van der Waals surface area contributed by atoms with Gasteiger partial charge in [0, 0.05) is 38.6 Å². The van der Waals surface area contributed by atoms with Crippen molar-refractivity contribution in [2.45, 2.75) is 64.8 Å². The highest BCUT2D eigenvalue weighted by molar-refractivity contribution is 5.91. The van der Waals surface area contributed by atoms with Crippen LogP contribution in [0.15, 0.2) is 30.5 Å². The van der Waals surface area contributed by atoms with Gasteiger partial charge < -0.3 is 20.9 Å². The summed E-state index contributed by atoms with van der Waals surface area (Å²) in [6.45, 7) is 7.14. The van der Waals surface area contributed by atoms with Gasteiger partial charge in [0.05, 0.1) is 0 Å². The molecule has 1 heterocycles. The molecule has 3 N–H and O–H groups in total. The number of para-hydroxylation sites is 1. The van der Waals surface area contributed by atoms with Crippen LogP contribution in [0.3, 0.4) is 0 Å². The van der Waals surface area contributed by atoms with Crippen molar-refractivity contribution in [3.05, 3.63) is 41.6 Å². The first-order valence-corrected chi connectivity index (χ1v) is 11.8. The maximum atomic E-state index is 12.6. The second-order valence-electron chi connectivity index (χ2n) is 9.22. The number of hydrogen-bond acceptors (Lipinski definition) is 5. The quantitative estimate of drug-likeness (QED) is 0.539. The highest BCUT2D eigenvalue weighted by Gasteiger charge is 2.22. The lowest BCUT2D eigenvalue weighted by Gasteiger charge is -2.29. The largest absolute Gasteiger partial charge is 0.363 e. The highest BCUT2D eigenvalue weighted by atomic mass is 16.2. The smallest absolute Gasteiger partial charge is 0.319 e. The molecule has 7 nitrogen and oxygen atoms in total. The first-order chi connectivity index (χ1) is 15.4. The number of carbonyl (C=O) groups is 1. The molecular weight excluding hydrogens is 400 g/mol. The van der Waals surface area contributed by atoms with Crippen LogP contribution in [0.2, 0.25) is 0 Å². The van der Waals surface area contributed by atoms with Crippen LogP contribution in [0.5, 0.6) is 0 Å². The molecule has 1 fully saturated rings. The topological polar surface area (TPSA) is 82.2 Å². The van der Waals surface area contributed by atoms with Crippen molar-refractivity contribution in [3.8, 4) is 0 Å². The summed E-state index contributed by atoms with van der Waals surface area (Å²) in [7, 11) is 3.95. The minimum Gasteiger partial charge on any atom is -0.363 e. The summed E-state index contributed by atoms with van der Waals surface area (Å²) < 4.78 is 0. The van der Waals surface area contributed by atoms with Crippen LogP contribution >= 0.6 is 0 Å². The molecule has 0 spiro atoms. The molecule has 1 saturated carbocycles. The Morgan fingerprint density at radius 3 is 2.56 bits per heavy atom. The standard InChI is InChI=1S/C25H38N6O/c1-6-19-8-7-9-21(17(2)3)23(19)30-25(32)27-16-18-10-12-20(13-11-18)28-24-26-15-14-22(29-24)31(4)5/h7-9,14-15,17-18,20H,6,10-13,16H2,1-5H3,(H,26,28,29)(H2,27,30,32)/t18-,20+. The van der Waals surface area contributed by atoms with E-state index in [4.69, 9.17) is 0 Å². The first-order valence-electron chi connectivity index (χ1n) is 11.8.